The van der Waals surface area contributed by atoms with Crippen molar-refractivity contribution >= 4 is 29.7 Å². The minimum Gasteiger partial charge on any atom is -0.468 e. The van der Waals surface area contributed by atoms with Crippen molar-refractivity contribution in [3.63, 3.8) is 0 Å². The Morgan fingerprint density at radius 3 is 2.50 bits per heavy atom. The summed E-state index contributed by atoms with van der Waals surface area (Å²) in [7, 11) is 1.28. The molecule has 0 aromatic carbocycles. The van der Waals surface area contributed by atoms with Gasteiger partial charge in [0.05, 0.1) is 12.9 Å². The normalized spacial score (nSPS) is 11.8. The van der Waals surface area contributed by atoms with Crippen molar-refractivity contribution in [2.75, 3.05) is 25.2 Å². The number of esters is 1. The number of nitrogens with two attached hydrogens (primary N) is 1. The highest BCUT2D eigenvalue weighted by Crippen LogP contribution is 2.04. The van der Waals surface area contributed by atoms with Crippen molar-refractivity contribution in [2.24, 2.45) is 11.7 Å². The molecule has 4 N–H and O–H groups in total. The zero-order valence-corrected chi connectivity index (χ0v) is 12.9. The van der Waals surface area contributed by atoms with Crippen molar-refractivity contribution in [3.8, 4) is 0 Å². The fraction of sp³-hybridized carbons (Fsp3) is 0.750. The fourth-order valence-corrected chi connectivity index (χ4v) is 1.97. The monoisotopic (exact) mass is 305 g/mol. The molecule has 0 fully saturated rings. The van der Waals surface area contributed by atoms with E-state index < -0.39 is 18.0 Å². The second-order valence-electron chi connectivity index (χ2n) is 4.62. The van der Waals surface area contributed by atoms with Crippen molar-refractivity contribution in [3.05, 3.63) is 0 Å². The van der Waals surface area contributed by atoms with E-state index in [-0.39, 0.29) is 11.7 Å². The van der Waals surface area contributed by atoms with E-state index in [2.05, 4.69) is 15.4 Å². The van der Waals surface area contributed by atoms with Crippen LogP contribution in [0.15, 0.2) is 0 Å². The Labute approximate surface area is 123 Å². The number of thioether (sulfide) groups is 1. The molecule has 0 saturated carbocycles. The summed E-state index contributed by atoms with van der Waals surface area (Å²) in [6, 6.07) is -1.17. The maximum Gasteiger partial charge on any atom is 0.322 e. The van der Waals surface area contributed by atoms with Crippen molar-refractivity contribution in [2.45, 2.75) is 26.3 Å². The van der Waals surface area contributed by atoms with E-state index in [9.17, 15) is 14.4 Å². The summed E-state index contributed by atoms with van der Waals surface area (Å²) in [5, 5.41) is 4.81. The van der Waals surface area contributed by atoms with Crippen LogP contribution in [0.25, 0.3) is 0 Å². The van der Waals surface area contributed by atoms with E-state index in [1.54, 1.807) is 0 Å². The van der Waals surface area contributed by atoms with Crippen molar-refractivity contribution in [1.29, 1.82) is 0 Å². The summed E-state index contributed by atoms with van der Waals surface area (Å²) in [6.45, 7) is 4.44. The molecule has 3 amide bonds. The highest BCUT2D eigenvalue weighted by Gasteiger charge is 2.13. The van der Waals surface area contributed by atoms with E-state index in [1.807, 2.05) is 13.8 Å². The number of carbonyl (C=O) groups excluding carboxylic acids is 3. The molecular weight excluding hydrogens is 282 g/mol. The lowest BCUT2D eigenvalue weighted by Crippen LogP contribution is -2.41. The van der Waals surface area contributed by atoms with Gasteiger partial charge in [-0.2, -0.15) is 11.8 Å². The summed E-state index contributed by atoms with van der Waals surface area (Å²) in [4.78, 5) is 33.7. The fourth-order valence-electron chi connectivity index (χ4n) is 1.15. The lowest BCUT2D eigenvalue weighted by Gasteiger charge is -2.09. The van der Waals surface area contributed by atoms with E-state index in [4.69, 9.17) is 5.73 Å². The van der Waals surface area contributed by atoms with Crippen molar-refractivity contribution in [1.82, 2.24) is 10.6 Å². The Morgan fingerprint density at radius 1 is 1.30 bits per heavy atom. The Balaban J connectivity index is 3.68. The number of hydrogen-bond donors (Lipinski definition) is 3. The minimum atomic E-state index is -0.676. The number of amides is 3. The molecule has 0 aromatic rings. The highest BCUT2D eigenvalue weighted by molar-refractivity contribution is 7.99. The molecule has 0 bridgehead atoms. The van der Waals surface area contributed by atoms with Gasteiger partial charge in [0, 0.05) is 6.54 Å². The molecule has 0 spiro atoms. The number of rotatable bonds is 8. The number of nitrogens with one attached hydrogen (secondary N) is 2. The molecule has 116 valence electrons. The predicted molar refractivity (Wildman–Crippen MR) is 78.3 cm³/mol. The standard InChI is InChI=1S/C12H23N3O4S/c1-8(2)6-14-12(18)15-10(16)7-20-5-4-9(13)11(17)19-3/h8-9H,4-7,13H2,1-3H3,(H2,14,15,16,18). The van der Waals surface area contributed by atoms with Crippen LogP contribution in [0.4, 0.5) is 4.79 Å². The lowest BCUT2D eigenvalue weighted by molar-refractivity contribution is -0.142. The molecule has 0 aliphatic rings. The minimum absolute atomic E-state index is 0.142. The predicted octanol–water partition coefficient (Wildman–Crippen LogP) is 0.0918. The van der Waals surface area contributed by atoms with Crippen LogP contribution in [0, 0.1) is 5.92 Å². The molecule has 0 saturated heterocycles. The Morgan fingerprint density at radius 2 is 1.95 bits per heavy atom. The van der Waals surface area contributed by atoms with Crippen LogP contribution in [0.1, 0.15) is 20.3 Å². The molecule has 8 heteroatoms. The average Bonchev–Trinajstić information content (AvgIpc) is 2.40. The van der Waals surface area contributed by atoms with Gasteiger partial charge in [-0.25, -0.2) is 4.79 Å². The first kappa shape index (κ1) is 18.7. The topological polar surface area (TPSA) is 111 Å². The molecule has 0 radical (unpaired) electrons. The highest BCUT2D eigenvalue weighted by atomic mass is 32.2. The number of imide groups is 1. The SMILES string of the molecule is COC(=O)C(N)CCSCC(=O)NC(=O)NCC(C)C. The van der Waals surface area contributed by atoms with Gasteiger partial charge in [-0.05, 0) is 18.1 Å². The molecule has 7 nitrogen and oxygen atoms in total. The van der Waals surface area contributed by atoms with Gasteiger partial charge in [-0.3, -0.25) is 14.9 Å². The largest absolute Gasteiger partial charge is 0.468 e. The molecule has 20 heavy (non-hydrogen) atoms. The first-order valence-corrected chi connectivity index (χ1v) is 7.51. The van der Waals surface area contributed by atoms with Gasteiger partial charge in [-0.1, -0.05) is 13.8 Å². The van der Waals surface area contributed by atoms with Crippen LogP contribution in [-0.4, -0.2) is 49.1 Å². The number of ether oxygens (including phenoxy) is 1. The number of urea groups is 1. The van der Waals surface area contributed by atoms with Crippen LogP contribution in [0.2, 0.25) is 0 Å². The van der Waals surface area contributed by atoms with E-state index in [0.717, 1.165) is 0 Å². The number of carbonyl (C=O) groups is 3. The van der Waals surface area contributed by atoms with Crippen LogP contribution in [0.3, 0.4) is 0 Å². The van der Waals surface area contributed by atoms with Gasteiger partial charge in [0.1, 0.15) is 6.04 Å². The van der Waals surface area contributed by atoms with Gasteiger partial charge >= 0.3 is 12.0 Å². The zero-order chi connectivity index (χ0) is 15.5. The van der Waals surface area contributed by atoms with Gasteiger partial charge in [-0.15, -0.1) is 0 Å². The quantitative estimate of drug-likeness (QED) is 0.433. The lowest BCUT2D eigenvalue weighted by atomic mass is 10.2. The molecule has 0 aromatic heterocycles. The van der Waals surface area contributed by atoms with Crippen LogP contribution < -0.4 is 16.4 Å². The van der Waals surface area contributed by atoms with Gasteiger partial charge in [0.15, 0.2) is 0 Å². The van der Waals surface area contributed by atoms with Crippen LogP contribution in [0.5, 0.6) is 0 Å². The van der Waals surface area contributed by atoms with Gasteiger partial charge in [0.2, 0.25) is 5.91 Å². The molecule has 0 aliphatic carbocycles. The smallest absolute Gasteiger partial charge is 0.322 e. The zero-order valence-electron chi connectivity index (χ0n) is 12.1. The summed E-state index contributed by atoms with van der Waals surface area (Å²) in [5.41, 5.74) is 5.54. The Bertz CT molecular complexity index is 337. The summed E-state index contributed by atoms with van der Waals surface area (Å²) >= 11 is 1.30. The number of hydrogen-bond acceptors (Lipinski definition) is 6. The second-order valence-corrected chi connectivity index (χ2v) is 5.73. The molecule has 0 heterocycles. The van der Waals surface area contributed by atoms with Gasteiger partial charge in [0.25, 0.3) is 0 Å². The summed E-state index contributed by atoms with van der Waals surface area (Å²) in [5.74, 6) is 0.163. The number of methoxy groups -OCH3 is 1. The first-order valence-electron chi connectivity index (χ1n) is 6.35. The molecule has 1 unspecified atom stereocenters. The third-order valence-corrected chi connectivity index (χ3v) is 3.22. The van der Waals surface area contributed by atoms with Crippen LogP contribution in [-0.2, 0) is 14.3 Å². The van der Waals surface area contributed by atoms with Gasteiger partial charge < -0.3 is 15.8 Å². The molecular formula is C12H23N3O4S. The maximum absolute atomic E-state index is 11.4. The second kappa shape index (κ2) is 10.5. The first-order chi connectivity index (χ1) is 9.36. The van der Waals surface area contributed by atoms with Crippen molar-refractivity contribution < 1.29 is 19.1 Å². The third-order valence-electron chi connectivity index (χ3n) is 2.23. The molecule has 0 rings (SSSR count). The van der Waals surface area contributed by atoms with Crippen LogP contribution >= 0.6 is 11.8 Å². The average molecular weight is 305 g/mol. The maximum atomic E-state index is 11.4. The van der Waals surface area contributed by atoms with E-state index in [1.165, 1.54) is 18.9 Å². The van der Waals surface area contributed by atoms with E-state index in [0.29, 0.717) is 24.6 Å². The summed E-state index contributed by atoms with van der Waals surface area (Å²) < 4.78 is 4.48. The van der Waals surface area contributed by atoms with E-state index >= 15 is 0 Å². The Kier molecular flexibility index (Phi) is 9.83. The Hall–Kier alpha value is -1.28. The summed E-state index contributed by atoms with van der Waals surface area (Å²) in [6.07, 6.45) is 0.421. The molecule has 0 aliphatic heterocycles. The third kappa shape index (κ3) is 9.62. The molecule has 1 atom stereocenters.